The molecule has 3 aliphatic rings. The lowest BCUT2D eigenvalue weighted by Crippen LogP contribution is -2.48. The van der Waals surface area contributed by atoms with E-state index in [0.717, 1.165) is 57.0 Å². The molecule has 9 nitrogen and oxygen atoms in total. The monoisotopic (exact) mass is 516 g/mol. The topological polar surface area (TPSA) is 132 Å². The van der Waals surface area contributed by atoms with Crippen molar-refractivity contribution in [3.63, 3.8) is 0 Å². The van der Waals surface area contributed by atoms with Crippen LogP contribution in [0.3, 0.4) is 0 Å². The Hall–Kier alpha value is -3.55. The van der Waals surface area contributed by atoms with Gasteiger partial charge in [0.2, 0.25) is 0 Å². The van der Waals surface area contributed by atoms with Crippen LogP contribution in [0.25, 0.3) is 0 Å². The van der Waals surface area contributed by atoms with Gasteiger partial charge in [-0.25, -0.2) is 0 Å². The van der Waals surface area contributed by atoms with E-state index in [-0.39, 0.29) is 17.2 Å². The maximum atomic E-state index is 10.4. The van der Waals surface area contributed by atoms with Gasteiger partial charge in [0.1, 0.15) is 12.7 Å². The summed E-state index contributed by atoms with van der Waals surface area (Å²) < 4.78 is 17.5. The molecule has 2 heterocycles. The van der Waals surface area contributed by atoms with Crippen molar-refractivity contribution in [2.24, 2.45) is 17.1 Å². The van der Waals surface area contributed by atoms with Gasteiger partial charge in [-0.1, -0.05) is 19.1 Å². The Labute approximate surface area is 225 Å². The second kappa shape index (κ2) is 12.3. The summed E-state index contributed by atoms with van der Waals surface area (Å²) in [5.74, 6) is 0.380. The molecule has 1 fully saturated rings. The zero-order valence-corrected chi connectivity index (χ0v) is 22.3. The summed E-state index contributed by atoms with van der Waals surface area (Å²) >= 11 is 0. The van der Waals surface area contributed by atoms with Crippen LogP contribution >= 0.6 is 0 Å². The van der Waals surface area contributed by atoms with Crippen LogP contribution in [0, 0.1) is 45.3 Å². The molecule has 0 bridgehead atoms. The van der Waals surface area contributed by atoms with E-state index >= 15 is 0 Å². The van der Waals surface area contributed by atoms with Gasteiger partial charge in [-0.05, 0) is 43.2 Å². The molecule has 2 aliphatic heterocycles. The highest BCUT2D eigenvalue weighted by molar-refractivity contribution is 5.60. The van der Waals surface area contributed by atoms with E-state index in [0.29, 0.717) is 37.8 Å². The first kappa shape index (κ1) is 27.5. The van der Waals surface area contributed by atoms with Gasteiger partial charge < -0.3 is 19.9 Å². The smallest absolute Gasteiger partial charge is 0.191 e. The fraction of sp³-hybridized carbons (Fsp3) is 0.552. The zero-order chi connectivity index (χ0) is 27.1. The minimum Gasteiger partial charge on any atom is -0.490 e. The molecular weight excluding hydrogens is 480 g/mol. The minimum absolute atomic E-state index is 0.0326. The molecule has 0 amide bonds. The van der Waals surface area contributed by atoms with Crippen LogP contribution in [0.4, 0.5) is 0 Å². The van der Waals surface area contributed by atoms with Crippen molar-refractivity contribution in [1.29, 1.82) is 15.8 Å². The second-order valence-corrected chi connectivity index (χ2v) is 9.88. The van der Waals surface area contributed by atoms with Crippen LogP contribution in [0.5, 0.6) is 11.5 Å². The summed E-state index contributed by atoms with van der Waals surface area (Å²) in [5.41, 5.74) is 6.68. The van der Waals surface area contributed by atoms with Crippen LogP contribution in [-0.2, 0) is 4.74 Å². The molecule has 1 saturated heterocycles. The summed E-state index contributed by atoms with van der Waals surface area (Å²) in [4.78, 5) is 4.60. The summed E-state index contributed by atoms with van der Waals surface area (Å²) in [6.45, 7) is 11.2. The predicted molar refractivity (Wildman–Crippen MR) is 142 cm³/mol. The highest BCUT2D eigenvalue weighted by atomic mass is 16.5. The van der Waals surface area contributed by atoms with E-state index < -0.39 is 11.3 Å². The molecule has 1 aromatic carbocycles. The molecule has 0 radical (unpaired) electrons. The molecule has 2 atom stereocenters. The van der Waals surface area contributed by atoms with E-state index in [1.807, 2.05) is 31.2 Å². The molecule has 0 unspecified atom stereocenters. The number of allylic oxidation sites excluding steroid dienone is 2. The number of hydrogen-bond donors (Lipinski definition) is 1. The summed E-state index contributed by atoms with van der Waals surface area (Å²) in [6.07, 6.45) is 3.02. The van der Waals surface area contributed by atoms with Gasteiger partial charge >= 0.3 is 0 Å². The van der Waals surface area contributed by atoms with Crippen LogP contribution in [0.15, 0.2) is 41.1 Å². The number of fused-ring (bicyclic) bond motifs is 1. The van der Waals surface area contributed by atoms with Crippen LogP contribution in [0.2, 0.25) is 0 Å². The summed E-state index contributed by atoms with van der Waals surface area (Å²) in [5, 5.41) is 30.7. The number of nitrogens with zero attached hydrogens (tertiary/aromatic N) is 5. The van der Waals surface area contributed by atoms with Gasteiger partial charge in [-0.15, -0.1) is 0 Å². The minimum atomic E-state index is -1.68. The fourth-order valence-electron chi connectivity index (χ4n) is 5.83. The number of benzene rings is 1. The first-order chi connectivity index (χ1) is 18.5. The van der Waals surface area contributed by atoms with E-state index in [2.05, 4.69) is 34.9 Å². The molecule has 38 heavy (non-hydrogen) atoms. The third kappa shape index (κ3) is 5.22. The third-order valence-corrected chi connectivity index (χ3v) is 7.68. The van der Waals surface area contributed by atoms with Gasteiger partial charge in [0, 0.05) is 44.6 Å². The Morgan fingerprint density at radius 1 is 1.05 bits per heavy atom. The molecule has 1 aromatic rings. The van der Waals surface area contributed by atoms with Crippen molar-refractivity contribution >= 4 is 0 Å². The van der Waals surface area contributed by atoms with Crippen LogP contribution in [-0.4, -0.2) is 75.5 Å². The third-order valence-electron chi connectivity index (χ3n) is 7.68. The Bertz CT molecular complexity index is 1180. The van der Waals surface area contributed by atoms with Crippen molar-refractivity contribution in [3.05, 3.63) is 46.7 Å². The van der Waals surface area contributed by atoms with E-state index in [9.17, 15) is 15.8 Å². The zero-order valence-electron chi connectivity index (χ0n) is 22.3. The maximum absolute atomic E-state index is 10.4. The van der Waals surface area contributed by atoms with Gasteiger partial charge in [0.05, 0.1) is 43.2 Å². The number of nitriles is 3. The lowest BCUT2D eigenvalue weighted by molar-refractivity contribution is 0.0321. The average Bonchev–Trinajstić information content (AvgIpc) is 2.94. The molecular formula is C29H36N6O3. The largest absolute Gasteiger partial charge is 0.490 e. The normalized spacial score (nSPS) is 23.4. The Morgan fingerprint density at radius 2 is 1.82 bits per heavy atom. The first-order valence-corrected chi connectivity index (χ1v) is 13.4. The number of morpholine rings is 1. The van der Waals surface area contributed by atoms with Gasteiger partial charge in [-0.3, -0.25) is 9.80 Å². The lowest BCUT2D eigenvalue weighted by Gasteiger charge is -2.45. The van der Waals surface area contributed by atoms with Crippen LogP contribution in [0.1, 0.15) is 31.7 Å². The number of ether oxygens (including phenoxy) is 3. The maximum Gasteiger partial charge on any atom is 0.191 e. The van der Waals surface area contributed by atoms with Gasteiger partial charge in [0.25, 0.3) is 0 Å². The van der Waals surface area contributed by atoms with Gasteiger partial charge in [-0.2, -0.15) is 15.8 Å². The van der Waals surface area contributed by atoms with E-state index in [1.54, 1.807) is 0 Å². The van der Waals surface area contributed by atoms with E-state index in [1.165, 1.54) is 0 Å². The number of nitrogens with two attached hydrogens (primary N) is 1. The number of rotatable bonds is 9. The van der Waals surface area contributed by atoms with Crippen molar-refractivity contribution in [3.8, 4) is 29.7 Å². The molecule has 0 aromatic heterocycles. The van der Waals surface area contributed by atoms with Crippen molar-refractivity contribution in [1.82, 2.24) is 9.80 Å². The highest BCUT2D eigenvalue weighted by Crippen LogP contribution is 2.54. The van der Waals surface area contributed by atoms with Crippen molar-refractivity contribution < 1.29 is 14.2 Å². The molecule has 2 N–H and O–H groups in total. The predicted octanol–water partition coefficient (Wildman–Crippen LogP) is 2.93. The number of hydrogen-bond acceptors (Lipinski definition) is 9. The molecule has 9 heteroatoms. The molecule has 1 aliphatic carbocycles. The molecule has 0 saturated carbocycles. The molecule has 0 spiro atoms. The van der Waals surface area contributed by atoms with E-state index in [4.69, 9.17) is 19.9 Å². The molecule has 4 rings (SSSR count). The van der Waals surface area contributed by atoms with Crippen LogP contribution < -0.4 is 15.2 Å². The lowest BCUT2D eigenvalue weighted by atomic mass is 9.58. The highest BCUT2D eigenvalue weighted by Gasteiger charge is 2.54. The fourth-order valence-corrected chi connectivity index (χ4v) is 5.83. The average molecular weight is 517 g/mol. The Balaban J connectivity index is 1.71. The van der Waals surface area contributed by atoms with Crippen molar-refractivity contribution in [2.75, 3.05) is 65.7 Å². The molecule has 200 valence electrons. The SMILES string of the molecule is CCCN1CC=C2C(C#N)=C(N)C(C#N)(C#N)[C@H](c3ccc(OCCN4CCOCC4)c(OCC)c3)[C@@H]2C1. The quantitative estimate of drug-likeness (QED) is 0.526. The second-order valence-electron chi connectivity index (χ2n) is 9.88. The Morgan fingerprint density at radius 3 is 2.47 bits per heavy atom. The van der Waals surface area contributed by atoms with Crippen molar-refractivity contribution in [2.45, 2.75) is 26.2 Å². The summed E-state index contributed by atoms with van der Waals surface area (Å²) in [6, 6.07) is 12.3. The summed E-state index contributed by atoms with van der Waals surface area (Å²) in [7, 11) is 0. The first-order valence-electron chi connectivity index (χ1n) is 13.4. The van der Waals surface area contributed by atoms with Gasteiger partial charge in [0.15, 0.2) is 16.9 Å². The Kier molecular flexibility index (Phi) is 8.92. The standard InChI is InChI=1S/C29H36N6O3/c1-3-8-35-9-7-22-23(17-30)28(33)29(19-31,20-32)27(24(22)18-35)21-5-6-25(26(16-21)37-4-2)38-15-12-34-10-13-36-14-11-34/h5-7,16,24,27H,3-4,8-15,18,33H2,1-2H3/t24-,27-/m1/s1.